The fraction of sp³-hybridized carbons (Fsp3) is 0.400. The van der Waals surface area contributed by atoms with Gasteiger partial charge in [0.05, 0.1) is 12.7 Å². The minimum Gasteiger partial charge on any atom is -0.493 e. The molecule has 1 amide bonds. The molecule has 0 spiro atoms. The predicted octanol–water partition coefficient (Wildman–Crippen LogP) is 1.32. The molecule has 0 saturated carbocycles. The molecule has 114 valence electrons. The highest BCUT2D eigenvalue weighted by molar-refractivity contribution is 5.99. The molecule has 0 unspecified atom stereocenters. The number of nitrogens with zero attached hydrogens (tertiary/aromatic N) is 1. The third-order valence-electron chi connectivity index (χ3n) is 3.61. The summed E-state index contributed by atoms with van der Waals surface area (Å²) in [6, 6.07) is 5.69. The van der Waals surface area contributed by atoms with Crippen LogP contribution in [0.4, 0.5) is 0 Å². The third kappa shape index (κ3) is 3.14. The Balaban J connectivity index is 0.00000161. The summed E-state index contributed by atoms with van der Waals surface area (Å²) in [6.07, 6.45) is 1.91. The minimum absolute atomic E-state index is 0. The molecule has 1 N–H and O–H groups in total. The number of amides is 1. The van der Waals surface area contributed by atoms with Crippen molar-refractivity contribution in [2.75, 3.05) is 39.9 Å². The van der Waals surface area contributed by atoms with Gasteiger partial charge in [-0.1, -0.05) is 12.1 Å². The molecule has 3 rings (SSSR count). The maximum Gasteiger partial charge on any atom is 0.253 e. The molecule has 0 bridgehead atoms. The molecule has 21 heavy (non-hydrogen) atoms. The first-order valence-electron chi connectivity index (χ1n) is 6.80. The molecule has 0 atom stereocenters. The number of carbonyl (C=O) groups excluding carboxylic acids is 1. The Labute approximate surface area is 130 Å². The zero-order valence-electron chi connectivity index (χ0n) is 11.9. The van der Waals surface area contributed by atoms with E-state index in [9.17, 15) is 4.79 Å². The van der Waals surface area contributed by atoms with Crippen molar-refractivity contribution in [2.45, 2.75) is 0 Å². The normalized spacial score (nSPS) is 17.0. The number of carbonyl (C=O) groups is 1. The van der Waals surface area contributed by atoms with Crippen LogP contribution < -0.4 is 14.8 Å². The number of hydrogen-bond donors (Lipinski definition) is 1. The number of nitrogens with one attached hydrogen (secondary N) is 1. The number of halogens is 1. The SMILES string of the molecule is COc1cccc2c1OCC(C(=O)N1CCNCC1)=C2.Cl. The van der Waals surface area contributed by atoms with Crippen molar-refractivity contribution < 1.29 is 14.3 Å². The second kappa shape index (κ2) is 6.83. The largest absolute Gasteiger partial charge is 0.493 e. The molecule has 2 aliphatic rings. The molecule has 6 heteroatoms. The Kier molecular flexibility index (Phi) is 5.09. The molecule has 1 fully saturated rings. The number of methoxy groups -OCH3 is 1. The molecule has 0 aliphatic carbocycles. The summed E-state index contributed by atoms with van der Waals surface area (Å²) in [5.41, 5.74) is 1.60. The van der Waals surface area contributed by atoms with E-state index in [1.807, 2.05) is 29.2 Å². The summed E-state index contributed by atoms with van der Waals surface area (Å²) in [6.45, 7) is 3.51. The van der Waals surface area contributed by atoms with Gasteiger partial charge in [0.2, 0.25) is 0 Å². The van der Waals surface area contributed by atoms with Gasteiger partial charge in [-0.2, -0.15) is 0 Å². The quantitative estimate of drug-likeness (QED) is 0.895. The van der Waals surface area contributed by atoms with Gasteiger partial charge in [0.1, 0.15) is 6.61 Å². The Morgan fingerprint density at radius 2 is 2.10 bits per heavy atom. The van der Waals surface area contributed by atoms with Crippen molar-refractivity contribution in [3.05, 3.63) is 29.3 Å². The van der Waals surface area contributed by atoms with E-state index < -0.39 is 0 Å². The summed E-state index contributed by atoms with van der Waals surface area (Å²) in [5, 5.41) is 3.24. The zero-order chi connectivity index (χ0) is 13.9. The van der Waals surface area contributed by atoms with Gasteiger partial charge in [-0.15, -0.1) is 12.4 Å². The molecule has 1 saturated heterocycles. The fourth-order valence-corrected chi connectivity index (χ4v) is 2.54. The summed E-state index contributed by atoms with van der Waals surface area (Å²) < 4.78 is 11.0. The van der Waals surface area contributed by atoms with Gasteiger partial charge in [-0.05, 0) is 12.1 Å². The second-order valence-corrected chi connectivity index (χ2v) is 4.88. The van der Waals surface area contributed by atoms with E-state index in [0.717, 1.165) is 31.7 Å². The van der Waals surface area contributed by atoms with Crippen LogP contribution in [0, 0.1) is 0 Å². The molecule has 5 nitrogen and oxygen atoms in total. The highest BCUT2D eigenvalue weighted by atomic mass is 35.5. The van der Waals surface area contributed by atoms with Crippen molar-refractivity contribution in [3.8, 4) is 11.5 Å². The van der Waals surface area contributed by atoms with E-state index in [1.54, 1.807) is 7.11 Å². The Morgan fingerprint density at radius 1 is 1.33 bits per heavy atom. The van der Waals surface area contributed by atoms with Crippen LogP contribution in [0.1, 0.15) is 5.56 Å². The lowest BCUT2D eigenvalue weighted by Crippen LogP contribution is -2.47. The van der Waals surface area contributed by atoms with Crippen molar-refractivity contribution >= 4 is 24.4 Å². The zero-order valence-corrected chi connectivity index (χ0v) is 12.7. The monoisotopic (exact) mass is 310 g/mol. The van der Waals surface area contributed by atoms with Crippen LogP contribution in [0.5, 0.6) is 11.5 Å². The van der Waals surface area contributed by atoms with Gasteiger partial charge in [0.15, 0.2) is 11.5 Å². The summed E-state index contributed by atoms with van der Waals surface area (Å²) >= 11 is 0. The lowest BCUT2D eigenvalue weighted by atomic mass is 10.1. The van der Waals surface area contributed by atoms with Crippen LogP contribution in [0.15, 0.2) is 23.8 Å². The highest BCUT2D eigenvalue weighted by Crippen LogP contribution is 2.35. The maximum absolute atomic E-state index is 12.4. The lowest BCUT2D eigenvalue weighted by Gasteiger charge is -2.29. The first-order chi connectivity index (χ1) is 9.79. The van der Waals surface area contributed by atoms with E-state index in [1.165, 1.54) is 0 Å². The number of para-hydroxylation sites is 1. The average Bonchev–Trinajstić information content (AvgIpc) is 2.53. The molecule has 2 heterocycles. The second-order valence-electron chi connectivity index (χ2n) is 4.88. The number of rotatable bonds is 2. The highest BCUT2D eigenvalue weighted by Gasteiger charge is 2.24. The standard InChI is InChI=1S/C15H18N2O3.ClH/c1-19-13-4-2-3-11-9-12(10-20-14(11)13)15(18)17-7-5-16-6-8-17;/h2-4,9,16H,5-8,10H2,1H3;1H. The van der Waals surface area contributed by atoms with E-state index in [0.29, 0.717) is 23.7 Å². The van der Waals surface area contributed by atoms with E-state index in [2.05, 4.69) is 5.32 Å². The van der Waals surface area contributed by atoms with Crippen LogP contribution >= 0.6 is 12.4 Å². The van der Waals surface area contributed by atoms with Gasteiger partial charge in [-0.3, -0.25) is 4.79 Å². The van der Waals surface area contributed by atoms with E-state index >= 15 is 0 Å². The van der Waals surface area contributed by atoms with Gasteiger partial charge in [-0.25, -0.2) is 0 Å². The van der Waals surface area contributed by atoms with Gasteiger partial charge >= 0.3 is 0 Å². The average molecular weight is 311 g/mol. The number of hydrogen-bond acceptors (Lipinski definition) is 4. The number of piperazine rings is 1. The molecular formula is C15H19ClN2O3. The van der Waals surface area contributed by atoms with Crippen LogP contribution in [-0.4, -0.2) is 50.7 Å². The molecule has 0 radical (unpaired) electrons. The first-order valence-corrected chi connectivity index (χ1v) is 6.80. The maximum atomic E-state index is 12.4. The number of benzene rings is 1. The van der Waals surface area contributed by atoms with Crippen LogP contribution in [0.3, 0.4) is 0 Å². The Hall–Kier alpha value is -1.72. The van der Waals surface area contributed by atoms with Gasteiger partial charge < -0.3 is 19.7 Å². The summed E-state index contributed by atoms with van der Waals surface area (Å²) in [5.74, 6) is 1.49. The Bertz CT molecular complexity index is 554. The molecule has 2 aliphatic heterocycles. The van der Waals surface area contributed by atoms with E-state index in [4.69, 9.17) is 9.47 Å². The van der Waals surface area contributed by atoms with Crippen molar-refractivity contribution in [1.29, 1.82) is 0 Å². The smallest absolute Gasteiger partial charge is 0.253 e. The van der Waals surface area contributed by atoms with Crippen LogP contribution in [0.2, 0.25) is 0 Å². The molecule has 1 aromatic rings. The minimum atomic E-state index is 0. The fourth-order valence-electron chi connectivity index (χ4n) is 2.54. The molecule has 1 aromatic carbocycles. The summed E-state index contributed by atoms with van der Waals surface area (Å²) in [4.78, 5) is 14.3. The first kappa shape index (κ1) is 15.7. The number of fused-ring (bicyclic) bond motifs is 1. The summed E-state index contributed by atoms with van der Waals surface area (Å²) in [7, 11) is 1.62. The predicted molar refractivity (Wildman–Crippen MR) is 83.2 cm³/mol. The van der Waals surface area contributed by atoms with Crippen LogP contribution in [-0.2, 0) is 4.79 Å². The van der Waals surface area contributed by atoms with Gasteiger partial charge in [0.25, 0.3) is 5.91 Å². The van der Waals surface area contributed by atoms with Gasteiger partial charge in [0, 0.05) is 31.7 Å². The third-order valence-corrected chi connectivity index (χ3v) is 3.61. The van der Waals surface area contributed by atoms with Crippen molar-refractivity contribution in [3.63, 3.8) is 0 Å². The van der Waals surface area contributed by atoms with Crippen molar-refractivity contribution in [2.24, 2.45) is 0 Å². The topological polar surface area (TPSA) is 50.8 Å². The van der Waals surface area contributed by atoms with Crippen molar-refractivity contribution in [1.82, 2.24) is 10.2 Å². The molecule has 0 aromatic heterocycles. The van der Waals surface area contributed by atoms with E-state index in [-0.39, 0.29) is 18.3 Å². The molecular weight excluding hydrogens is 292 g/mol. The van der Waals surface area contributed by atoms with Crippen LogP contribution in [0.25, 0.3) is 6.08 Å². The number of ether oxygens (including phenoxy) is 2. The lowest BCUT2D eigenvalue weighted by molar-refractivity contribution is -0.128. The Morgan fingerprint density at radius 3 is 2.81 bits per heavy atom.